The van der Waals surface area contributed by atoms with Gasteiger partial charge in [-0.2, -0.15) is 9.69 Å². The molecule has 8 heteroatoms. The van der Waals surface area contributed by atoms with Crippen LogP contribution in [0.3, 0.4) is 0 Å². The second-order valence-corrected chi connectivity index (χ2v) is 5.71. The Bertz CT molecular complexity index is 728. The minimum absolute atomic E-state index is 0.241. The van der Waals surface area contributed by atoms with Crippen LogP contribution in [0.1, 0.15) is 0 Å². The number of hydroxylamine groups is 3. The number of nitrogens with zero attached hydrogens (tertiary/aromatic N) is 3. The topological polar surface area (TPSA) is 63.6 Å². The van der Waals surface area contributed by atoms with Gasteiger partial charge in [-0.25, -0.2) is 9.56 Å². The first-order valence-electron chi connectivity index (χ1n) is 6.22. The molecule has 2 aromatic carbocycles. The molecule has 0 aromatic heterocycles. The molecule has 7 nitrogen and oxygen atoms in total. The summed E-state index contributed by atoms with van der Waals surface area (Å²) in [6, 6.07) is 18.4. The lowest BCUT2D eigenvalue weighted by Crippen LogP contribution is -2.54. The molecule has 0 spiro atoms. The van der Waals surface area contributed by atoms with E-state index >= 15 is 0 Å². The highest BCUT2D eigenvalue weighted by Gasteiger charge is 2.57. The number of aliphatic imine (C=N–C) groups is 1. The van der Waals surface area contributed by atoms with E-state index in [0.717, 1.165) is 5.23 Å². The van der Waals surface area contributed by atoms with E-state index in [1.807, 2.05) is 48.5 Å². The average molecular weight is 303 g/mol. The molecule has 0 N–H and O–H groups in total. The number of anilines is 1. The van der Waals surface area contributed by atoms with Gasteiger partial charge in [-0.1, -0.05) is 41.6 Å². The Labute approximate surface area is 120 Å². The molecule has 0 saturated carbocycles. The Kier molecular flexibility index (Phi) is 2.80. The van der Waals surface area contributed by atoms with Crippen LogP contribution in [0.2, 0.25) is 0 Å². The van der Waals surface area contributed by atoms with Gasteiger partial charge in [0.05, 0.1) is 11.4 Å². The molecule has 3 saturated heterocycles. The Morgan fingerprint density at radius 1 is 0.857 bits per heavy atom. The first-order chi connectivity index (χ1) is 10.2. The van der Waals surface area contributed by atoms with Gasteiger partial charge >= 0.3 is 7.82 Å². The fourth-order valence-corrected chi connectivity index (χ4v) is 2.88. The number of para-hydroxylation sites is 2. The quantitative estimate of drug-likeness (QED) is 0.792. The van der Waals surface area contributed by atoms with Crippen molar-refractivity contribution >= 4 is 25.2 Å². The predicted molar refractivity (Wildman–Crippen MR) is 75.2 cm³/mol. The van der Waals surface area contributed by atoms with Gasteiger partial charge in [-0.05, 0) is 24.3 Å². The van der Waals surface area contributed by atoms with Crippen LogP contribution < -0.4 is 5.06 Å². The highest BCUT2D eigenvalue weighted by Crippen LogP contribution is 2.64. The lowest BCUT2D eigenvalue weighted by molar-refractivity contribution is -0.316. The number of guanidine groups is 1. The van der Waals surface area contributed by atoms with Crippen molar-refractivity contribution in [1.82, 2.24) is 5.23 Å². The van der Waals surface area contributed by atoms with Gasteiger partial charge in [0.2, 0.25) is 0 Å². The molecular formula is C13H10N3O4P. The highest BCUT2D eigenvalue weighted by molar-refractivity contribution is 7.49. The monoisotopic (exact) mass is 303 g/mol. The zero-order valence-corrected chi connectivity index (χ0v) is 11.6. The highest BCUT2D eigenvalue weighted by atomic mass is 31.2. The maximum Gasteiger partial charge on any atom is 0.544 e. The van der Waals surface area contributed by atoms with Crippen LogP contribution in [-0.4, -0.2) is 11.2 Å². The molecule has 0 unspecified atom stereocenters. The van der Waals surface area contributed by atoms with Crippen LogP contribution in [0, 0.1) is 0 Å². The largest absolute Gasteiger partial charge is 0.544 e. The summed E-state index contributed by atoms with van der Waals surface area (Å²) in [4.78, 5) is 4.40. The van der Waals surface area contributed by atoms with Crippen LogP contribution in [0.25, 0.3) is 0 Å². The van der Waals surface area contributed by atoms with Gasteiger partial charge in [-0.3, -0.25) is 0 Å². The number of hydrogen-bond donors (Lipinski definition) is 0. The van der Waals surface area contributed by atoms with E-state index in [2.05, 4.69) is 4.99 Å². The summed E-state index contributed by atoms with van der Waals surface area (Å²) in [5.74, 6) is 0.241. The van der Waals surface area contributed by atoms with E-state index in [0.29, 0.717) is 11.4 Å². The number of benzene rings is 2. The lowest BCUT2D eigenvalue weighted by atomic mass is 10.3. The van der Waals surface area contributed by atoms with E-state index in [-0.39, 0.29) is 5.96 Å². The van der Waals surface area contributed by atoms with E-state index in [4.69, 9.17) is 13.9 Å². The zero-order valence-electron chi connectivity index (χ0n) is 10.7. The van der Waals surface area contributed by atoms with Crippen molar-refractivity contribution in [2.75, 3.05) is 5.06 Å². The van der Waals surface area contributed by atoms with Crippen molar-refractivity contribution in [2.45, 2.75) is 0 Å². The third-order valence-electron chi connectivity index (χ3n) is 2.85. The summed E-state index contributed by atoms with van der Waals surface area (Å²) < 4.78 is 27.1. The van der Waals surface area contributed by atoms with Crippen LogP contribution in [0.15, 0.2) is 65.7 Å². The first kappa shape index (κ1) is 12.6. The third kappa shape index (κ3) is 2.22. The summed E-state index contributed by atoms with van der Waals surface area (Å²) in [5.41, 5.74) is 1.36. The fourth-order valence-electron chi connectivity index (χ4n) is 1.93. The first-order valence-corrected chi connectivity index (χ1v) is 7.68. The molecule has 21 heavy (non-hydrogen) atoms. The average Bonchev–Trinajstić information content (AvgIpc) is 2.50. The number of phosphoric acid groups is 1. The summed E-state index contributed by atoms with van der Waals surface area (Å²) >= 11 is 0. The van der Waals surface area contributed by atoms with Crippen molar-refractivity contribution in [3.63, 3.8) is 0 Å². The smallest absolute Gasteiger partial charge is 0.222 e. The molecule has 3 fully saturated rings. The van der Waals surface area contributed by atoms with Crippen LogP contribution in [-0.2, 0) is 18.4 Å². The Morgan fingerprint density at radius 2 is 1.48 bits per heavy atom. The van der Waals surface area contributed by atoms with E-state index in [9.17, 15) is 4.57 Å². The molecule has 3 aliphatic rings. The van der Waals surface area contributed by atoms with Gasteiger partial charge in [0.25, 0.3) is 5.96 Å². The third-order valence-corrected chi connectivity index (χ3v) is 3.91. The second kappa shape index (κ2) is 4.68. The van der Waals surface area contributed by atoms with Crippen molar-refractivity contribution in [1.29, 1.82) is 0 Å². The summed E-state index contributed by atoms with van der Waals surface area (Å²) in [5, 5.41) is 2.32. The van der Waals surface area contributed by atoms with Crippen molar-refractivity contribution in [2.24, 2.45) is 4.99 Å². The predicted octanol–water partition coefficient (Wildman–Crippen LogP) is 3.41. The molecule has 0 atom stereocenters. The van der Waals surface area contributed by atoms with Gasteiger partial charge in [0.1, 0.15) is 0 Å². The van der Waals surface area contributed by atoms with E-state index < -0.39 is 7.82 Å². The van der Waals surface area contributed by atoms with Crippen LogP contribution in [0.4, 0.5) is 11.4 Å². The molecule has 106 valence electrons. The Balaban J connectivity index is 1.76. The molecule has 3 heterocycles. The van der Waals surface area contributed by atoms with E-state index in [1.165, 1.54) is 5.06 Å². The van der Waals surface area contributed by atoms with Gasteiger partial charge < -0.3 is 0 Å². The Morgan fingerprint density at radius 3 is 2.14 bits per heavy atom. The lowest BCUT2D eigenvalue weighted by Gasteiger charge is -2.44. The second-order valence-electron chi connectivity index (χ2n) is 4.33. The van der Waals surface area contributed by atoms with Gasteiger partial charge in [0.15, 0.2) is 0 Å². The van der Waals surface area contributed by atoms with Crippen LogP contribution in [0.5, 0.6) is 0 Å². The normalized spacial score (nSPS) is 25.8. The number of fused-ring (bicyclic) bond motifs is 2. The molecule has 0 radical (unpaired) electrons. The minimum atomic E-state index is -3.54. The summed E-state index contributed by atoms with van der Waals surface area (Å²) in [6.45, 7) is 0. The van der Waals surface area contributed by atoms with Crippen molar-refractivity contribution in [3.8, 4) is 0 Å². The van der Waals surface area contributed by atoms with Gasteiger partial charge in [0, 0.05) is 0 Å². The molecule has 5 rings (SSSR count). The fraction of sp³-hybridized carbons (Fsp3) is 0. The maximum atomic E-state index is 11.9. The molecule has 0 aliphatic carbocycles. The van der Waals surface area contributed by atoms with Gasteiger partial charge in [-0.15, -0.1) is 9.25 Å². The molecule has 2 aromatic rings. The van der Waals surface area contributed by atoms with Crippen LogP contribution >= 0.6 is 7.82 Å². The van der Waals surface area contributed by atoms with E-state index in [1.54, 1.807) is 12.1 Å². The maximum absolute atomic E-state index is 11.9. The Hall–Kier alpha value is -2.18. The summed E-state index contributed by atoms with van der Waals surface area (Å²) in [7, 11) is -3.54. The number of rotatable bonds is 2. The summed E-state index contributed by atoms with van der Waals surface area (Å²) in [6.07, 6.45) is 0. The van der Waals surface area contributed by atoms with Crippen molar-refractivity contribution < 1.29 is 18.4 Å². The SMILES string of the molecule is O=P12ON(O1)C(=Nc1ccccc1)N(c1ccccc1)O2. The minimum Gasteiger partial charge on any atom is -0.222 e. The van der Waals surface area contributed by atoms with Crippen molar-refractivity contribution in [3.05, 3.63) is 60.7 Å². The standard InChI is InChI=1S/C13H10N3O4P/c17-21-18-15(12-9-5-2-6-10-12)13(16(19-21)20-21)14-11-7-3-1-4-8-11/h1-10H. The zero-order chi connectivity index (χ0) is 14.3. The molecular weight excluding hydrogens is 293 g/mol. The number of hydrogen-bond acceptors (Lipinski definition) is 5. The molecule has 0 amide bonds. The molecule has 2 bridgehead atoms. The molecule has 3 aliphatic heterocycles.